The summed E-state index contributed by atoms with van der Waals surface area (Å²) in [7, 11) is 0. The Balaban J connectivity index is 2.39. The van der Waals surface area contributed by atoms with Crippen molar-refractivity contribution in [1.82, 2.24) is 4.98 Å². The molecule has 1 N–H and O–H groups in total. The van der Waals surface area contributed by atoms with E-state index in [4.69, 9.17) is 0 Å². The number of aryl methyl sites for hydroxylation is 2. The molecule has 1 unspecified atom stereocenters. The molecule has 1 aromatic carbocycles. The minimum absolute atomic E-state index is 0.638. The normalized spacial score (nSPS) is 12.4. The molecule has 0 radical (unpaired) electrons. The second-order valence-corrected chi connectivity index (χ2v) is 3.96. The summed E-state index contributed by atoms with van der Waals surface area (Å²) in [6, 6.07) is 13.5. The molecule has 0 saturated carbocycles. The monoisotopic (exact) mass is 213 g/mol. The highest BCUT2D eigenvalue weighted by atomic mass is 16.3. The molecule has 2 heteroatoms. The van der Waals surface area contributed by atoms with E-state index in [-0.39, 0.29) is 0 Å². The Morgan fingerprint density at radius 2 is 1.75 bits per heavy atom. The zero-order valence-corrected chi connectivity index (χ0v) is 9.51. The van der Waals surface area contributed by atoms with E-state index in [1.807, 2.05) is 56.3 Å². The first-order chi connectivity index (χ1) is 7.68. The Hall–Kier alpha value is -1.67. The minimum atomic E-state index is -0.638. The maximum absolute atomic E-state index is 10.2. The predicted octanol–water partition coefficient (Wildman–Crippen LogP) is 2.78. The number of aromatic nitrogens is 1. The van der Waals surface area contributed by atoms with Crippen LogP contribution in [0, 0.1) is 13.8 Å². The van der Waals surface area contributed by atoms with Crippen LogP contribution in [0.4, 0.5) is 0 Å². The number of aliphatic hydroxyl groups is 1. The Morgan fingerprint density at radius 1 is 1.00 bits per heavy atom. The molecule has 2 aromatic rings. The van der Waals surface area contributed by atoms with Gasteiger partial charge in [0.25, 0.3) is 0 Å². The fourth-order valence-electron chi connectivity index (χ4n) is 1.77. The standard InChI is InChI=1S/C14H15NO/c1-10-6-3-4-8-12(10)14(16)13-9-5-7-11(2)15-13/h3-9,14,16H,1-2H3. The van der Waals surface area contributed by atoms with Crippen LogP contribution in [0.2, 0.25) is 0 Å². The number of aliphatic hydroxyl groups excluding tert-OH is 1. The van der Waals surface area contributed by atoms with Crippen molar-refractivity contribution < 1.29 is 5.11 Å². The number of hydrogen-bond donors (Lipinski definition) is 1. The topological polar surface area (TPSA) is 33.1 Å². The molecule has 0 bridgehead atoms. The molecule has 1 atom stereocenters. The lowest BCUT2D eigenvalue weighted by Crippen LogP contribution is -2.04. The molecule has 16 heavy (non-hydrogen) atoms. The molecule has 1 aromatic heterocycles. The molecule has 2 nitrogen and oxygen atoms in total. The lowest BCUT2D eigenvalue weighted by Gasteiger charge is -2.13. The van der Waals surface area contributed by atoms with Crippen LogP contribution in [0.3, 0.4) is 0 Å². The summed E-state index contributed by atoms with van der Waals surface area (Å²) in [6.07, 6.45) is -0.638. The fraction of sp³-hybridized carbons (Fsp3) is 0.214. The molecule has 0 amide bonds. The second kappa shape index (κ2) is 4.45. The molecular formula is C14H15NO. The highest BCUT2D eigenvalue weighted by Gasteiger charge is 2.13. The van der Waals surface area contributed by atoms with Gasteiger partial charge in [-0.3, -0.25) is 4.98 Å². The number of hydrogen-bond acceptors (Lipinski definition) is 2. The van der Waals surface area contributed by atoms with Gasteiger partial charge >= 0.3 is 0 Å². The van der Waals surface area contributed by atoms with Gasteiger partial charge in [0.15, 0.2) is 0 Å². The summed E-state index contributed by atoms with van der Waals surface area (Å²) < 4.78 is 0. The van der Waals surface area contributed by atoms with Crippen molar-refractivity contribution in [2.75, 3.05) is 0 Å². The second-order valence-electron chi connectivity index (χ2n) is 3.96. The van der Waals surface area contributed by atoms with Crippen LogP contribution in [0.15, 0.2) is 42.5 Å². The van der Waals surface area contributed by atoms with Gasteiger partial charge < -0.3 is 5.11 Å². The summed E-state index contributed by atoms with van der Waals surface area (Å²) in [5.41, 5.74) is 3.62. The first kappa shape index (κ1) is 10.8. The summed E-state index contributed by atoms with van der Waals surface area (Å²) in [6.45, 7) is 3.92. The van der Waals surface area contributed by atoms with Crippen molar-refractivity contribution in [2.45, 2.75) is 20.0 Å². The van der Waals surface area contributed by atoms with Crippen LogP contribution in [-0.2, 0) is 0 Å². The van der Waals surface area contributed by atoms with Crippen LogP contribution < -0.4 is 0 Å². The highest BCUT2D eigenvalue weighted by molar-refractivity contribution is 5.32. The molecule has 2 rings (SSSR count). The maximum atomic E-state index is 10.2. The minimum Gasteiger partial charge on any atom is -0.382 e. The van der Waals surface area contributed by atoms with Crippen molar-refractivity contribution in [1.29, 1.82) is 0 Å². The molecular weight excluding hydrogens is 198 g/mol. The van der Waals surface area contributed by atoms with Crippen LogP contribution in [0.25, 0.3) is 0 Å². The van der Waals surface area contributed by atoms with Crippen molar-refractivity contribution in [2.24, 2.45) is 0 Å². The van der Waals surface area contributed by atoms with E-state index < -0.39 is 6.10 Å². The van der Waals surface area contributed by atoms with Gasteiger partial charge in [-0.25, -0.2) is 0 Å². The predicted molar refractivity (Wildman–Crippen MR) is 64.2 cm³/mol. The first-order valence-electron chi connectivity index (χ1n) is 5.35. The van der Waals surface area contributed by atoms with E-state index in [1.165, 1.54) is 0 Å². The van der Waals surface area contributed by atoms with Gasteiger partial charge in [0.05, 0.1) is 5.69 Å². The molecule has 0 aliphatic heterocycles. The van der Waals surface area contributed by atoms with Gasteiger partial charge in [0.1, 0.15) is 6.10 Å². The summed E-state index contributed by atoms with van der Waals surface area (Å²) in [5.74, 6) is 0. The third-order valence-corrected chi connectivity index (χ3v) is 2.67. The van der Waals surface area contributed by atoms with E-state index in [9.17, 15) is 5.11 Å². The number of nitrogens with zero attached hydrogens (tertiary/aromatic N) is 1. The number of benzene rings is 1. The third kappa shape index (κ3) is 2.12. The maximum Gasteiger partial charge on any atom is 0.121 e. The molecule has 0 saturated heterocycles. The van der Waals surface area contributed by atoms with Crippen LogP contribution in [-0.4, -0.2) is 10.1 Å². The fourth-order valence-corrected chi connectivity index (χ4v) is 1.77. The van der Waals surface area contributed by atoms with E-state index in [0.29, 0.717) is 5.69 Å². The SMILES string of the molecule is Cc1cccc(C(O)c2ccccc2C)n1. The zero-order valence-electron chi connectivity index (χ0n) is 9.51. The van der Waals surface area contributed by atoms with E-state index >= 15 is 0 Å². The third-order valence-electron chi connectivity index (χ3n) is 2.67. The Kier molecular flexibility index (Phi) is 3.02. The van der Waals surface area contributed by atoms with Gasteiger partial charge in [-0.05, 0) is 37.1 Å². The lowest BCUT2D eigenvalue weighted by atomic mass is 10.0. The Morgan fingerprint density at radius 3 is 2.44 bits per heavy atom. The average Bonchev–Trinajstić information content (AvgIpc) is 2.29. The quantitative estimate of drug-likeness (QED) is 0.832. The van der Waals surface area contributed by atoms with Crippen LogP contribution in [0.5, 0.6) is 0 Å². The molecule has 1 heterocycles. The van der Waals surface area contributed by atoms with Crippen molar-refractivity contribution >= 4 is 0 Å². The Labute approximate surface area is 95.6 Å². The summed E-state index contributed by atoms with van der Waals surface area (Å²) >= 11 is 0. The largest absolute Gasteiger partial charge is 0.382 e. The smallest absolute Gasteiger partial charge is 0.121 e. The number of pyridine rings is 1. The van der Waals surface area contributed by atoms with Gasteiger partial charge in [0.2, 0.25) is 0 Å². The molecule has 0 aliphatic rings. The Bertz CT molecular complexity index is 494. The van der Waals surface area contributed by atoms with Crippen molar-refractivity contribution in [3.63, 3.8) is 0 Å². The molecule has 0 spiro atoms. The molecule has 0 aliphatic carbocycles. The van der Waals surface area contributed by atoms with E-state index in [0.717, 1.165) is 16.8 Å². The summed E-state index contributed by atoms with van der Waals surface area (Å²) in [5, 5.41) is 10.2. The van der Waals surface area contributed by atoms with Crippen LogP contribution >= 0.6 is 0 Å². The first-order valence-corrected chi connectivity index (χ1v) is 5.35. The van der Waals surface area contributed by atoms with Gasteiger partial charge in [-0.2, -0.15) is 0 Å². The van der Waals surface area contributed by atoms with Crippen molar-refractivity contribution in [3.05, 3.63) is 65.0 Å². The highest BCUT2D eigenvalue weighted by Crippen LogP contribution is 2.23. The van der Waals surface area contributed by atoms with E-state index in [1.54, 1.807) is 0 Å². The number of rotatable bonds is 2. The van der Waals surface area contributed by atoms with E-state index in [2.05, 4.69) is 4.98 Å². The molecule has 0 fully saturated rings. The van der Waals surface area contributed by atoms with Crippen LogP contribution in [0.1, 0.15) is 28.6 Å². The van der Waals surface area contributed by atoms with Gasteiger partial charge in [-0.15, -0.1) is 0 Å². The molecule has 82 valence electrons. The lowest BCUT2D eigenvalue weighted by molar-refractivity contribution is 0.214. The average molecular weight is 213 g/mol. The van der Waals surface area contributed by atoms with Crippen molar-refractivity contribution in [3.8, 4) is 0 Å². The zero-order chi connectivity index (χ0) is 11.5. The van der Waals surface area contributed by atoms with Gasteiger partial charge in [-0.1, -0.05) is 30.3 Å². The summed E-state index contributed by atoms with van der Waals surface area (Å²) in [4.78, 5) is 4.34. The van der Waals surface area contributed by atoms with Gasteiger partial charge in [0, 0.05) is 5.69 Å².